The summed E-state index contributed by atoms with van der Waals surface area (Å²) in [6.45, 7) is 5.40. The molecule has 6 nitrogen and oxygen atoms in total. The highest BCUT2D eigenvalue weighted by molar-refractivity contribution is 5.50. The largest absolute Gasteiger partial charge is 0.439 e. The number of nitro groups is 1. The van der Waals surface area contributed by atoms with Crippen molar-refractivity contribution >= 4 is 5.69 Å². The van der Waals surface area contributed by atoms with Crippen molar-refractivity contribution in [1.82, 2.24) is 4.98 Å². The Bertz CT molecular complexity index is 667. The molecule has 0 amide bonds. The Morgan fingerprint density at radius 3 is 2.52 bits per heavy atom. The number of aromatic nitrogens is 1. The molecule has 2 N–H and O–H groups in total. The normalized spacial score (nSPS) is 12.0. The lowest BCUT2D eigenvalue weighted by Gasteiger charge is -2.10. The summed E-state index contributed by atoms with van der Waals surface area (Å²) in [6.07, 6.45) is 1.64. The molecular formula is C15H17N3O3. The quantitative estimate of drug-likeness (QED) is 0.687. The van der Waals surface area contributed by atoms with Crippen LogP contribution in [0.15, 0.2) is 30.5 Å². The van der Waals surface area contributed by atoms with Crippen molar-refractivity contribution in [2.75, 3.05) is 0 Å². The second-order valence-corrected chi connectivity index (χ2v) is 4.98. The predicted molar refractivity (Wildman–Crippen MR) is 79.5 cm³/mol. The summed E-state index contributed by atoms with van der Waals surface area (Å²) in [7, 11) is 0. The van der Waals surface area contributed by atoms with E-state index < -0.39 is 4.92 Å². The van der Waals surface area contributed by atoms with Gasteiger partial charge in [-0.1, -0.05) is 6.07 Å². The molecule has 0 aliphatic heterocycles. The van der Waals surface area contributed by atoms with Crippen LogP contribution in [-0.2, 0) is 0 Å². The summed E-state index contributed by atoms with van der Waals surface area (Å²) in [5.74, 6) is 0.800. The summed E-state index contributed by atoms with van der Waals surface area (Å²) >= 11 is 0. The van der Waals surface area contributed by atoms with Gasteiger partial charge < -0.3 is 10.5 Å². The molecule has 1 heterocycles. The maximum atomic E-state index is 11.0. The van der Waals surface area contributed by atoms with Gasteiger partial charge in [0.15, 0.2) is 0 Å². The topological polar surface area (TPSA) is 91.3 Å². The fourth-order valence-corrected chi connectivity index (χ4v) is 1.96. The number of ether oxygens (including phenoxy) is 1. The van der Waals surface area contributed by atoms with E-state index >= 15 is 0 Å². The molecule has 0 aliphatic carbocycles. The summed E-state index contributed by atoms with van der Waals surface area (Å²) in [4.78, 5) is 14.7. The SMILES string of the molecule is Cc1cc(C)c([N+](=O)[O-])cc1Oc1ccc(C(C)N)cn1. The molecule has 0 aliphatic rings. The van der Waals surface area contributed by atoms with Gasteiger partial charge in [-0.05, 0) is 38.0 Å². The number of nitrogens with two attached hydrogens (primary N) is 1. The number of hydrogen-bond acceptors (Lipinski definition) is 5. The zero-order chi connectivity index (χ0) is 15.6. The molecule has 1 unspecified atom stereocenters. The van der Waals surface area contributed by atoms with Gasteiger partial charge >= 0.3 is 0 Å². The Hall–Kier alpha value is -2.47. The van der Waals surface area contributed by atoms with Crippen molar-refractivity contribution in [2.24, 2.45) is 5.73 Å². The van der Waals surface area contributed by atoms with Gasteiger partial charge in [0.1, 0.15) is 5.75 Å². The van der Waals surface area contributed by atoms with Crippen molar-refractivity contribution in [3.63, 3.8) is 0 Å². The Balaban J connectivity index is 2.30. The van der Waals surface area contributed by atoms with Gasteiger partial charge in [-0.3, -0.25) is 10.1 Å². The zero-order valence-electron chi connectivity index (χ0n) is 12.2. The Kier molecular flexibility index (Phi) is 4.18. The number of rotatable bonds is 4. The number of benzene rings is 1. The summed E-state index contributed by atoms with van der Waals surface area (Å²) in [5, 5.41) is 11.0. The van der Waals surface area contributed by atoms with E-state index in [1.807, 2.05) is 19.9 Å². The fourth-order valence-electron chi connectivity index (χ4n) is 1.96. The van der Waals surface area contributed by atoms with E-state index in [0.717, 1.165) is 11.1 Å². The minimum atomic E-state index is -0.422. The molecule has 0 fully saturated rings. The van der Waals surface area contributed by atoms with Crippen LogP contribution in [0.5, 0.6) is 11.6 Å². The lowest BCUT2D eigenvalue weighted by Crippen LogP contribution is -2.05. The van der Waals surface area contributed by atoms with Gasteiger partial charge in [-0.2, -0.15) is 0 Å². The Morgan fingerprint density at radius 2 is 2.00 bits per heavy atom. The van der Waals surface area contributed by atoms with Crippen molar-refractivity contribution in [3.05, 3.63) is 57.3 Å². The fraction of sp³-hybridized carbons (Fsp3) is 0.267. The molecule has 21 heavy (non-hydrogen) atoms. The van der Waals surface area contributed by atoms with Crippen molar-refractivity contribution < 1.29 is 9.66 Å². The average molecular weight is 287 g/mol. The number of hydrogen-bond donors (Lipinski definition) is 1. The zero-order valence-corrected chi connectivity index (χ0v) is 12.2. The number of aryl methyl sites for hydroxylation is 2. The van der Waals surface area contributed by atoms with E-state index in [1.165, 1.54) is 6.07 Å². The van der Waals surface area contributed by atoms with Crippen LogP contribution in [0.4, 0.5) is 5.69 Å². The van der Waals surface area contributed by atoms with Crippen LogP contribution in [0.2, 0.25) is 0 Å². The van der Waals surface area contributed by atoms with Gasteiger partial charge in [-0.25, -0.2) is 4.98 Å². The molecule has 0 saturated carbocycles. The number of nitro benzene ring substituents is 1. The van der Waals surface area contributed by atoms with Crippen LogP contribution in [0.3, 0.4) is 0 Å². The first-order valence-electron chi connectivity index (χ1n) is 6.53. The molecule has 0 saturated heterocycles. The first kappa shape index (κ1) is 14.9. The van der Waals surface area contributed by atoms with Crippen LogP contribution in [0, 0.1) is 24.0 Å². The molecule has 0 spiro atoms. The molecular weight excluding hydrogens is 270 g/mol. The van der Waals surface area contributed by atoms with Gasteiger partial charge in [0.25, 0.3) is 5.69 Å². The third-order valence-electron chi connectivity index (χ3n) is 3.19. The molecule has 1 aromatic carbocycles. The van der Waals surface area contributed by atoms with E-state index in [4.69, 9.17) is 10.5 Å². The molecule has 0 radical (unpaired) electrons. The van der Waals surface area contributed by atoms with Crippen LogP contribution in [-0.4, -0.2) is 9.91 Å². The Labute approximate surface area is 122 Å². The molecule has 0 bridgehead atoms. The maximum absolute atomic E-state index is 11.0. The van der Waals surface area contributed by atoms with E-state index in [2.05, 4.69) is 4.98 Å². The highest BCUT2D eigenvalue weighted by atomic mass is 16.6. The van der Waals surface area contributed by atoms with E-state index in [-0.39, 0.29) is 11.7 Å². The van der Waals surface area contributed by atoms with Crippen LogP contribution >= 0.6 is 0 Å². The Morgan fingerprint density at radius 1 is 1.29 bits per heavy atom. The van der Waals surface area contributed by atoms with Gasteiger partial charge in [-0.15, -0.1) is 0 Å². The molecule has 6 heteroatoms. The maximum Gasteiger partial charge on any atom is 0.276 e. The first-order valence-corrected chi connectivity index (χ1v) is 6.53. The standard InChI is InChI=1S/C15H17N3O3/c1-9-6-10(2)14(7-13(9)18(19)20)21-15-5-4-12(8-17-15)11(3)16/h4-8,11H,16H2,1-3H3. The summed E-state index contributed by atoms with van der Waals surface area (Å²) < 4.78 is 5.63. The van der Waals surface area contributed by atoms with Gasteiger partial charge in [0.2, 0.25) is 5.88 Å². The molecule has 110 valence electrons. The van der Waals surface area contributed by atoms with E-state index in [0.29, 0.717) is 17.2 Å². The van der Waals surface area contributed by atoms with Crippen LogP contribution in [0.25, 0.3) is 0 Å². The lowest BCUT2D eigenvalue weighted by molar-refractivity contribution is -0.385. The predicted octanol–water partition coefficient (Wildman–Crippen LogP) is 3.42. The molecule has 1 atom stereocenters. The third kappa shape index (κ3) is 3.35. The molecule has 2 aromatic rings. The van der Waals surface area contributed by atoms with E-state index in [1.54, 1.807) is 25.3 Å². The lowest BCUT2D eigenvalue weighted by atomic mass is 10.1. The van der Waals surface area contributed by atoms with Crippen LogP contribution < -0.4 is 10.5 Å². The van der Waals surface area contributed by atoms with Crippen molar-refractivity contribution in [2.45, 2.75) is 26.8 Å². The summed E-state index contributed by atoms with van der Waals surface area (Å²) in [6, 6.07) is 6.57. The van der Waals surface area contributed by atoms with Gasteiger partial charge in [0.05, 0.1) is 11.0 Å². The minimum Gasteiger partial charge on any atom is -0.439 e. The van der Waals surface area contributed by atoms with Crippen LogP contribution in [0.1, 0.15) is 29.7 Å². The van der Waals surface area contributed by atoms with Gasteiger partial charge in [0, 0.05) is 23.9 Å². The monoisotopic (exact) mass is 287 g/mol. The first-order chi connectivity index (χ1) is 9.88. The van der Waals surface area contributed by atoms with E-state index in [9.17, 15) is 10.1 Å². The third-order valence-corrected chi connectivity index (χ3v) is 3.19. The van der Waals surface area contributed by atoms with Crippen molar-refractivity contribution in [3.8, 4) is 11.6 Å². The average Bonchev–Trinajstić information content (AvgIpc) is 2.42. The number of pyridine rings is 1. The van der Waals surface area contributed by atoms with Crippen molar-refractivity contribution in [1.29, 1.82) is 0 Å². The molecule has 1 aromatic heterocycles. The highest BCUT2D eigenvalue weighted by Gasteiger charge is 2.15. The smallest absolute Gasteiger partial charge is 0.276 e. The summed E-state index contributed by atoms with van der Waals surface area (Å²) in [5.41, 5.74) is 8.10. The second-order valence-electron chi connectivity index (χ2n) is 4.98. The number of nitrogens with zero attached hydrogens (tertiary/aromatic N) is 2. The highest BCUT2D eigenvalue weighted by Crippen LogP contribution is 2.31. The second kappa shape index (κ2) is 5.88. The molecule has 2 rings (SSSR count). The minimum absolute atomic E-state index is 0.0304.